The molecular formula is C20H14F3N3OS. The van der Waals surface area contributed by atoms with E-state index in [0.717, 1.165) is 6.20 Å². The molecule has 3 aromatic rings. The number of hydrogen-bond acceptors (Lipinski definition) is 4. The van der Waals surface area contributed by atoms with Crippen molar-refractivity contribution in [2.24, 2.45) is 0 Å². The topological polar surface area (TPSA) is 65.8 Å². The number of pyridine rings is 1. The highest BCUT2D eigenvalue weighted by Gasteiger charge is 2.37. The Morgan fingerprint density at radius 3 is 2.61 bits per heavy atom. The third kappa shape index (κ3) is 4.26. The highest BCUT2D eigenvalue weighted by molar-refractivity contribution is 7.99. The van der Waals surface area contributed by atoms with Gasteiger partial charge in [-0.3, -0.25) is 9.78 Å². The van der Waals surface area contributed by atoms with Crippen molar-refractivity contribution >= 4 is 34.3 Å². The van der Waals surface area contributed by atoms with Crippen LogP contribution in [-0.2, 0) is 6.18 Å². The average molecular weight is 401 g/mol. The molecule has 142 valence electrons. The molecule has 1 amide bonds. The zero-order chi connectivity index (χ0) is 20.1. The molecule has 0 spiro atoms. The molecule has 1 heterocycles. The summed E-state index contributed by atoms with van der Waals surface area (Å²) in [5, 5.41) is 11.1. The van der Waals surface area contributed by atoms with Crippen molar-refractivity contribution in [1.82, 2.24) is 4.98 Å². The number of para-hydroxylation sites is 2. The Hall–Kier alpha value is -3.05. The molecule has 1 N–H and O–H groups in total. The van der Waals surface area contributed by atoms with Gasteiger partial charge in [-0.25, -0.2) is 0 Å². The van der Waals surface area contributed by atoms with E-state index in [1.807, 2.05) is 6.07 Å². The highest BCUT2D eigenvalue weighted by atomic mass is 32.2. The van der Waals surface area contributed by atoms with Crippen LogP contribution < -0.4 is 5.32 Å². The second kappa shape index (κ2) is 8.31. The molecule has 0 saturated heterocycles. The molecule has 3 rings (SSSR count). The van der Waals surface area contributed by atoms with Crippen LogP contribution >= 0.6 is 11.8 Å². The summed E-state index contributed by atoms with van der Waals surface area (Å²) in [5.41, 5.74) is -0.996. The van der Waals surface area contributed by atoms with Crippen molar-refractivity contribution in [2.75, 3.05) is 11.1 Å². The zero-order valence-electron chi connectivity index (χ0n) is 14.5. The first-order valence-electron chi connectivity index (χ1n) is 8.27. The Bertz CT molecular complexity index is 1060. The van der Waals surface area contributed by atoms with Gasteiger partial charge in [0, 0.05) is 28.7 Å². The standard InChI is InChI=1S/C20H14F3N3OS/c21-20(22,23)18-13-6-1-2-7-15(13)25-12-14(18)19(27)26-16-8-3-4-9-17(16)28-11-5-10-24/h1-4,6-9,12H,5,11H2,(H,26,27). The third-order valence-electron chi connectivity index (χ3n) is 3.91. The lowest BCUT2D eigenvalue weighted by Crippen LogP contribution is -2.20. The van der Waals surface area contributed by atoms with Crippen molar-refractivity contribution in [1.29, 1.82) is 5.26 Å². The molecule has 0 aliphatic heterocycles. The lowest BCUT2D eigenvalue weighted by molar-refractivity contribution is -0.136. The summed E-state index contributed by atoms with van der Waals surface area (Å²) >= 11 is 1.35. The van der Waals surface area contributed by atoms with E-state index in [4.69, 9.17) is 5.26 Å². The Morgan fingerprint density at radius 2 is 1.86 bits per heavy atom. The molecule has 8 heteroatoms. The molecule has 2 aromatic carbocycles. The summed E-state index contributed by atoms with van der Waals surface area (Å²) in [7, 11) is 0. The highest BCUT2D eigenvalue weighted by Crippen LogP contribution is 2.37. The number of nitrogens with zero attached hydrogens (tertiary/aromatic N) is 2. The molecule has 0 radical (unpaired) electrons. The smallest absolute Gasteiger partial charge is 0.321 e. The fourth-order valence-corrected chi connectivity index (χ4v) is 3.57. The number of hydrogen-bond donors (Lipinski definition) is 1. The Kier molecular flexibility index (Phi) is 5.85. The maximum absolute atomic E-state index is 13.7. The first kappa shape index (κ1) is 19.7. The number of carbonyl (C=O) groups excluding carboxylic acids is 1. The lowest BCUT2D eigenvalue weighted by Gasteiger charge is -2.16. The fraction of sp³-hybridized carbons (Fsp3) is 0.150. The molecule has 0 fully saturated rings. The molecule has 4 nitrogen and oxygen atoms in total. The van der Waals surface area contributed by atoms with Gasteiger partial charge >= 0.3 is 6.18 Å². The zero-order valence-corrected chi connectivity index (χ0v) is 15.3. The van der Waals surface area contributed by atoms with E-state index in [2.05, 4.69) is 10.3 Å². The summed E-state index contributed by atoms with van der Waals surface area (Å²) in [4.78, 5) is 17.4. The number of carbonyl (C=O) groups is 1. The van der Waals surface area contributed by atoms with Gasteiger partial charge in [0.15, 0.2) is 0 Å². The van der Waals surface area contributed by atoms with Gasteiger partial charge in [0.1, 0.15) is 0 Å². The quantitative estimate of drug-likeness (QED) is 0.452. The summed E-state index contributed by atoms with van der Waals surface area (Å²) in [6.07, 6.45) is -3.44. The minimum Gasteiger partial charge on any atom is -0.321 e. The maximum Gasteiger partial charge on any atom is 0.417 e. The molecule has 0 aliphatic carbocycles. The van der Waals surface area contributed by atoms with E-state index < -0.39 is 23.2 Å². The van der Waals surface area contributed by atoms with Crippen molar-refractivity contribution in [3.05, 3.63) is 65.9 Å². The van der Waals surface area contributed by atoms with E-state index in [0.29, 0.717) is 22.8 Å². The summed E-state index contributed by atoms with van der Waals surface area (Å²) in [6.45, 7) is 0. The molecule has 28 heavy (non-hydrogen) atoms. The number of halogens is 3. The number of thioether (sulfide) groups is 1. The minimum atomic E-state index is -4.71. The molecule has 0 bridgehead atoms. The summed E-state index contributed by atoms with van der Waals surface area (Å²) in [6, 6.07) is 14.6. The van der Waals surface area contributed by atoms with Gasteiger partial charge in [-0.2, -0.15) is 18.4 Å². The monoisotopic (exact) mass is 401 g/mol. The number of nitrogens with one attached hydrogen (secondary N) is 1. The third-order valence-corrected chi connectivity index (χ3v) is 4.99. The SMILES string of the molecule is N#CCCSc1ccccc1NC(=O)c1cnc2ccccc2c1C(F)(F)F. The minimum absolute atomic E-state index is 0.126. The number of rotatable bonds is 5. The van der Waals surface area contributed by atoms with Crippen molar-refractivity contribution < 1.29 is 18.0 Å². The first-order chi connectivity index (χ1) is 13.4. The molecule has 1 aromatic heterocycles. The number of amides is 1. The van der Waals surface area contributed by atoms with E-state index in [1.165, 1.54) is 30.0 Å². The second-order valence-electron chi connectivity index (χ2n) is 5.77. The van der Waals surface area contributed by atoms with Gasteiger partial charge in [0.05, 0.1) is 28.4 Å². The van der Waals surface area contributed by atoms with Gasteiger partial charge in [0.2, 0.25) is 0 Å². The summed E-state index contributed by atoms with van der Waals surface area (Å²) in [5.74, 6) is -0.381. The van der Waals surface area contributed by atoms with E-state index in [1.54, 1.807) is 30.3 Å². The largest absolute Gasteiger partial charge is 0.417 e. The maximum atomic E-state index is 13.7. The van der Waals surface area contributed by atoms with Crippen LogP contribution in [0, 0.1) is 11.3 Å². The summed E-state index contributed by atoms with van der Waals surface area (Å²) < 4.78 is 41.2. The molecule has 0 saturated carbocycles. The predicted octanol–water partition coefficient (Wildman–Crippen LogP) is 5.51. The molecular weight excluding hydrogens is 387 g/mol. The van der Waals surface area contributed by atoms with Crippen LogP contribution in [0.1, 0.15) is 22.3 Å². The molecule has 0 atom stereocenters. The first-order valence-corrected chi connectivity index (χ1v) is 9.25. The Balaban J connectivity index is 1.98. The molecule has 0 unspecified atom stereocenters. The van der Waals surface area contributed by atoms with Crippen LogP contribution in [0.15, 0.2) is 59.6 Å². The van der Waals surface area contributed by atoms with E-state index in [9.17, 15) is 18.0 Å². The average Bonchev–Trinajstić information content (AvgIpc) is 2.67. The van der Waals surface area contributed by atoms with E-state index in [-0.39, 0.29) is 10.9 Å². The van der Waals surface area contributed by atoms with Crippen LogP contribution in [0.25, 0.3) is 10.9 Å². The van der Waals surface area contributed by atoms with Crippen molar-refractivity contribution in [3.8, 4) is 6.07 Å². The van der Waals surface area contributed by atoms with Crippen LogP contribution in [0.5, 0.6) is 0 Å². The van der Waals surface area contributed by atoms with Gasteiger partial charge in [0.25, 0.3) is 5.91 Å². The number of alkyl halides is 3. The number of fused-ring (bicyclic) bond motifs is 1. The lowest BCUT2D eigenvalue weighted by atomic mass is 10.0. The van der Waals surface area contributed by atoms with Gasteiger partial charge in [-0.05, 0) is 18.2 Å². The predicted molar refractivity (Wildman–Crippen MR) is 102 cm³/mol. The van der Waals surface area contributed by atoms with Crippen LogP contribution in [0.4, 0.5) is 18.9 Å². The second-order valence-corrected chi connectivity index (χ2v) is 6.91. The van der Waals surface area contributed by atoms with Crippen LogP contribution in [0.3, 0.4) is 0 Å². The van der Waals surface area contributed by atoms with Gasteiger partial charge in [-0.1, -0.05) is 30.3 Å². The van der Waals surface area contributed by atoms with E-state index >= 15 is 0 Å². The van der Waals surface area contributed by atoms with Crippen LogP contribution in [-0.4, -0.2) is 16.6 Å². The fourth-order valence-electron chi connectivity index (χ4n) is 2.71. The molecule has 0 aliphatic rings. The normalized spacial score (nSPS) is 11.2. The van der Waals surface area contributed by atoms with Crippen LogP contribution in [0.2, 0.25) is 0 Å². The number of nitriles is 1. The Morgan fingerprint density at radius 1 is 1.14 bits per heavy atom. The van der Waals surface area contributed by atoms with Gasteiger partial charge in [-0.15, -0.1) is 11.8 Å². The number of benzene rings is 2. The van der Waals surface area contributed by atoms with Gasteiger partial charge < -0.3 is 5.32 Å². The van der Waals surface area contributed by atoms with Crippen molar-refractivity contribution in [2.45, 2.75) is 17.5 Å². The number of aromatic nitrogens is 1. The Labute approximate surface area is 163 Å². The van der Waals surface area contributed by atoms with Crippen molar-refractivity contribution in [3.63, 3.8) is 0 Å². The number of anilines is 1.